The number of nitrogens with one attached hydrogen (secondary N) is 1. The minimum Gasteiger partial charge on any atom is -0.485 e. The number of ether oxygens (including phenoxy) is 2. The first kappa shape index (κ1) is 20.2. The van der Waals surface area contributed by atoms with E-state index in [0.717, 1.165) is 16.7 Å². The fraction of sp³-hybridized carbons (Fsp3) is 0.0833. The van der Waals surface area contributed by atoms with Crippen LogP contribution in [0, 0.1) is 0 Å². The average molecular weight is 434 g/mol. The lowest BCUT2D eigenvalue weighted by molar-refractivity contribution is -0.115. The summed E-state index contributed by atoms with van der Waals surface area (Å²) >= 11 is 6.34. The van der Waals surface area contributed by atoms with Crippen molar-refractivity contribution in [1.82, 2.24) is 5.32 Å². The summed E-state index contributed by atoms with van der Waals surface area (Å²) in [6.07, 6.45) is 1.79. The van der Waals surface area contributed by atoms with Gasteiger partial charge in [0.25, 0.3) is 5.91 Å². The Kier molecular flexibility index (Phi) is 6.47. The van der Waals surface area contributed by atoms with Crippen molar-refractivity contribution < 1.29 is 14.3 Å². The van der Waals surface area contributed by atoms with E-state index in [2.05, 4.69) is 5.32 Å². The van der Waals surface area contributed by atoms with Crippen LogP contribution in [0.25, 0.3) is 6.08 Å². The zero-order valence-electron chi connectivity index (χ0n) is 16.0. The van der Waals surface area contributed by atoms with E-state index in [0.29, 0.717) is 33.9 Å². The van der Waals surface area contributed by atoms with E-state index < -0.39 is 0 Å². The SMILES string of the molecule is O=C1NC(=S)S/C1=C\c1cccc(OCc2ccccc2)c1OCc1ccccc1. The van der Waals surface area contributed by atoms with E-state index in [9.17, 15) is 4.79 Å². The smallest absolute Gasteiger partial charge is 0.263 e. The monoisotopic (exact) mass is 433 g/mol. The maximum atomic E-state index is 12.1. The van der Waals surface area contributed by atoms with Crippen molar-refractivity contribution in [2.45, 2.75) is 13.2 Å². The van der Waals surface area contributed by atoms with Crippen LogP contribution in [-0.2, 0) is 18.0 Å². The molecule has 30 heavy (non-hydrogen) atoms. The Morgan fingerprint density at radius 2 is 1.47 bits per heavy atom. The maximum Gasteiger partial charge on any atom is 0.263 e. The molecule has 4 nitrogen and oxygen atoms in total. The molecule has 0 spiro atoms. The number of thiocarbonyl (C=S) groups is 1. The molecule has 0 saturated carbocycles. The zero-order chi connectivity index (χ0) is 20.8. The van der Waals surface area contributed by atoms with Crippen molar-refractivity contribution in [2.24, 2.45) is 0 Å². The van der Waals surface area contributed by atoms with Crippen molar-refractivity contribution >= 4 is 40.3 Å². The molecule has 1 saturated heterocycles. The summed E-state index contributed by atoms with van der Waals surface area (Å²) in [6.45, 7) is 0.808. The molecule has 6 heteroatoms. The van der Waals surface area contributed by atoms with E-state index in [4.69, 9.17) is 21.7 Å². The minimum atomic E-state index is -0.199. The van der Waals surface area contributed by atoms with Crippen molar-refractivity contribution in [3.8, 4) is 11.5 Å². The molecule has 1 heterocycles. The summed E-state index contributed by atoms with van der Waals surface area (Å²) in [5.41, 5.74) is 2.87. The Morgan fingerprint density at radius 1 is 0.833 bits per heavy atom. The van der Waals surface area contributed by atoms with Crippen LogP contribution in [0.1, 0.15) is 16.7 Å². The van der Waals surface area contributed by atoms with Gasteiger partial charge in [-0.05, 0) is 23.3 Å². The normalized spacial score (nSPS) is 14.6. The van der Waals surface area contributed by atoms with Crippen molar-refractivity contribution in [2.75, 3.05) is 0 Å². The molecule has 3 aromatic rings. The quantitative estimate of drug-likeness (QED) is 0.403. The Labute approximate surface area is 184 Å². The Bertz CT molecular complexity index is 1080. The predicted octanol–water partition coefficient (Wildman–Crippen LogP) is 5.33. The molecule has 0 bridgehead atoms. The van der Waals surface area contributed by atoms with Crippen LogP contribution < -0.4 is 14.8 Å². The minimum absolute atomic E-state index is 0.199. The van der Waals surface area contributed by atoms with Gasteiger partial charge in [0.05, 0.1) is 4.91 Å². The average Bonchev–Trinajstić information content (AvgIpc) is 3.09. The van der Waals surface area contributed by atoms with E-state index in [1.54, 1.807) is 6.08 Å². The van der Waals surface area contributed by atoms with Crippen LogP contribution >= 0.6 is 24.0 Å². The molecular formula is C24H19NO3S2. The third kappa shape index (κ3) is 5.09. The molecule has 1 fully saturated rings. The fourth-order valence-electron chi connectivity index (χ4n) is 2.94. The lowest BCUT2D eigenvalue weighted by atomic mass is 10.1. The molecule has 1 aliphatic rings. The van der Waals surface area contributed by atoms with E-state index in [-0.39, 0.29) is 5.91 Å². The number of amides is 1. The standard InChI is InChI=1S/C24H19NO3S2/c26-23-21(30-24(29)25-23)14-19-12-7-13-20(27-15-17-8-3-1-4-9-17)22(19)28-16-18-10-5-2-6-11-18/h1-14H,15-16H2,(H,25,26,29)/b21-14-. The maximum absolute atomic E-state index is 12.1. The van der Waals surface area contributed by atoms with E-state index >= 15 is 0 Å². The number of para-hydroxylation sites is 1. The van der Waals surface area contributed by atoms with Crippen LogP contribution in [0.3, 0.4) is 0 Å². The van der Waals surface area contributed by atoms with Gasteiger partial charge in [-0.25, -0.2) is 0 Å². The summed E-state index contributed by atoms with van der Waals surface area (Å²) in [4.78, 5) is 12.6. The number of carbonyl (C=O) groups is 1. The van der Waals surface area contributed by atoms with Gasteiger partial charge in [0.2, 0.25) is 0 Å². The number of rotatable bonds is 7. The van der Waals surface area contributed by atoms with E-state index in [1.807, 2.05) is 78.9 Å². The van der Waals surface area contributed by atoms with Crippen molar-refractivity contribution in [3.63, 3.8) is 0 Å². The molecule has 0 atom stereocenters. The fourth-order valence-corrected chi connectivity index (χ4v) is 3.98. The third-order valence-electron chi connectivity index (χ3n) is 4.40. The summed E-state index contributed by atoms with van der Waals surface area (Å²) in [5.74, 6) is 1.01. The Hall–Kier alpha value is -3.09. The van der Waals surface area contributed by atoms with Gasteiger partial charge in [-0.2, -0.15) is 0 Å². The van der Waals surface area contributed by atoms with Crippen molar-refractivity contribution in [3.05, 3.63) is 100 Å². The third-order valence-corrected chi connectivity index (χ3v) is 5.56. The second-order valence-corrected chi connectivity index (χ2v) is 8.29. The predicted molar refractivity (Wildman–Crippen MR) is 124 cm³/mol. The molecular weight excluding hydrogens is 414 g/mol. The highest BCUT2D eigenvalue weighted by Gasteiger charge is 2.23. The molecule has 0 aliphatic carbocycles. The first-order chi connectivity index (χ1) is 14.7. The van der Waals surface area contributed by atoms with E-state index in [1.165, 1.54) is 11.8 Å². The first-order valence-electron chi connectivity index (χ1n) is 9.40. The number of hydrogen-bond acceptors (Lipinski definition) is 5. The van der Waals surface area contributed by atoms with Gasteiger partial charge in [0, 0.05) is 5.56 Å². The number of benzene rings is 3. The highest BCUT2D eigenvalue weighted by atomic mass is 32.2. The Balaban J connectivity index is 1.63. The molecule has 1 aliphatic heterocycles. The molecule has 1 N–H and O–H groups in total. The van der Waals surface area contributed by atoms with Gasteiger partial charge >= 0.3 is 0 Å². The molecule has 150 valence electrons. The molecule has 1 amide bonds. The van der Waals surface area contributed by atoms with Gasteiger partial charge < -0.3 is 14.8 Å². The molecule has 0 radical (unpaired) electrons. The topological polar surface area (TPSA) is 47.6 Å². The number of hydrogen-bond donors (Lipinski definition) is 1. The Morgan fingerprint density at radius 3 is 2.07 bits per heavy atom. The van der Waals surface area contributed by atoms with Crippen LogP contribution in [-0.4, -0.2) is 10.2 Å². The largest absolute Gasteiger partial charge is 0.485 e. The highest BCUT2D eigenvalue weighted by molar-refractivity contribution is 8.26. The number of carbonyl (C=O) groups excluding carboxylic acids is 1. The van der Waals surface area contributed by atoms with Gasteiger partial charge in [0.1, 0.15) is 17.5 Å². The lowest BCUT2D eigenvalue weighted by Gasteiger charge is -2.16. The number of thioether (sulfide) groups is 1. The summed E-state index contributed by atoms with van der Waals surface area (Å²) < 4.78 is 12.7. The summed E-state index contributed by atoms with van der Waals surface area (Å²) in [7, 11) is 0. The second-order valence-electron chi connectivity index (χ2n) is 6.58. The van der Waals surface area contributed by atoms with Crippen LogP contribution in [0.5, 0.6) is 11.5 Å². The molecule has 3 aromatic carbocycles. The zero-order valence-corrected chi connectivity index (χ0v) is 17.7. The first-order valence-corrected chi connectivity index (χ1v) is 10.6. The summed E-state index contributed by atoms with van der Waals surface area (Å²) in [5, 5.41) is 2.64. The van der Waals surface area contributed by atoms with Crippen LogP contribution in [0.15, 0.2) is 83.8 Å². The van der Waals surface area contributed by atoms with Gasteiger partial charge in [-0.3, -0.25) is 4.79 Å². The summed E-state index contributed by atoms with van der Waals surface area (Å²) in [6, 6.07) is 25.5. The van der Waals surface area contributed by atoms with Gasteiger partial charge in [-0.1, -0.05) is 96.8 Å². The highest BCUT2D eigenvalue weighted by Crippen LogP contribution is 2.36. The molecule has 0 unspecified atom stereocenters. The molecule has 0 aromatic heterocycles. The molecule has 4 rings (SSSR count). The van der Waals surface area contributed by atoms with Crippen LogP contribution in [0.4, 0.5) is 0 Å². The second kappa shape index (κ2) is 9.61. The van der Waals surface area contributed by atoms with Gasteiger partial charge in [-0.15, -0.1) is 0 Å². The van der Waals surface area contributed by atoms with Crippen molar-refractivity contribution in [1.29, 1.82) is 0 Å². The van der Waals surface area contributed by atoms with Crippen LogP contribution in [0.2, 0.25) is 0 Å². The van der Waals surface area contributed by atoms with Gasteiger partial charge in [0.15, 0.2) is 11.5 Å². The lowest BCUT2D eigenvalue weighted by Crippen LogP contribution is -2.17.